The first-order chi connectivity index (χ1) is 7.32. The fourth-order valence-corrected chi connectivity index (χ4v) is 2.74. The third-order valence-corrected chi connectivity index (χ3v) is 3.70. The summed E-state index contributed by atoms with van der Waals surface area (Å²) in [4.78, 5) is 11.6. The van der Waals surface area contributed by atoms with Crippen molar-refractivity contribution in [2.45, 2.75) is 39.7 Å². The summed E-state index contributed by atoms with van der Waals surface area (Å²) in [5.41, 5.74) is 0.686. The zero-order valence-electron chi connectivity index (χ0n) is 9.86. The minimum atomic E-state index is -0.819. The number of carboxylic acids is 1. The Hall–Kier alpha value is -0.870. The molecule has 0 saturated heterocycles. The third kappa shape index (κ3) is 3.61. The zero-order chi connectivity index (χ0) is 12.3. The monoisotopic (exact) mass is 242 g/mol. The Morgan fingerprint density at radius 1 is 1.56 bits per heavy atom. The van der Waals surface area contributed by atoms with Crippen LogP contribution < -0.4 is 0 Å². The molecule has 4 heteroatoms. The summed E-state index contributed by atoms with van der Waals surface area (Å²) in [7, 11) is 0. The van der Waals surface area contributed by atoms with Crippen LogP contribution in [0.3, 0.4) is 0 Å². The average Bonchev–Trinajstić information content (AvgIpc) is 2.47. The van der Waals surface area contributed by atoms with Gasteiger partial charge in [0.25, 0.3) is 0 Å². The highest BCUT2D eigenvalue weighted by Crippen LogP contribution is 2.35. The smallest absolute Gasteiger partial charge is 0.303 e. The first kappa shape index (κ1) is 13.2. The molecule has 1 heterocycles. The van der Waals surface area contributed by atoms with Gasteiger partial charge in [0, 0.05) is 4.88 Å². The van der Waals surface area contributed by atoms with Crippen molar-refractivity contribution in [2.75, 3.05) is 0 Å². The van der Waals surface area contributed by atoms with Crippen LogP contribution in [0.25, 0.3) is 0 Å². The minimum Gasteiger partial charge on any atom is -0.481 e. The molecule has 0 aliphatic rings. The molecule has 0 fully saturated rings. The predicted octanol–water partition coefficient (Wildman–Crippen LogP) is 2.98. The summed E-state index contributed by atoms with van der Waals surface area (Å²) in [6.07, 6.45) is -0.0101. The molecular weight excluding hydrogens is 224 g/mol. The predicted molar refractivity (Wildman–Crippen MR) is 64.7 cm³/mol. The normalized spacial score (nSPS) is 13.8. The Morgan fingerprint density at radius 2 is 2.19 bits per heavy atom. The van der Waals surface area contributed by atoms with Crippen molar-refractivity contribution in [3.05, 3.63) is 21.9 Å². The first-order valence-electron chi connectivity index (χ1n) is 5.26. The van der Waals surface area contributed by atoms with E-state index in [-0.39, 0.29) is 11.8 Å². The van der Waals surface area contributed by atoms with Gasteiger partial charge in [-0.1, -0.05) is 13.8 Å². The second-order valence-electron chi connectivity index (χ2n) is 4.92. The van der Waals surface area contributed by atoms with Crippen LogP contribution in [0, 0.1) is 12.3 Å². The molecule has 1 aromatic heterocycles. The summed E-state index contributed by atoms with van der Waals surface area (Å²) >= 11 is 1.52. The summed E-state index contributed by atoms with van der Waals surface area (Å²) in [6, 6.07) is 1.97. The van der Waals surface area contributed by atoms with Crippen LogP contribution in [-0.4, -0.2) is 16.2 Å². The van der Waals surface area contributed by atoms with Crippen molar-refractivity contribution >= 4 is 17.3 Å². The average molecular weight is 242 g/mol. The molecule has 0 bridgehead atoms. The number of aliphatic carboxylic acids is 1. The Balaban J connectivity index is 2.67. The van der Waals surface area contributed by atoms with Crippen molar-refractivity contribution in [2.24, 2.45) is 5.41 Å². The number of hydrogen-bond acceptors (Lipinski definition) is 3. The van der Waals surface area contributed by atoms with Gasteiger partial charge in [0.05, 0.1) is 12.5 Å². The number of rotatable bonds is 5. The molecule has 90 valence electrons. The molecule has 0 aromatic carbocycles. The van der Waals surface area contributed by atoms with Crippen LogP contribution in [0.4, 0.5) is 0 Å². The molecule has 2 N–H and O–H groups in total. The molecule has 0 aliphatic heterocycles. The molecule has 1 unspecified atom stereocenters. The summed E-state index contributed by atoms with van der Waals surface area (Å²) in [5.74, 6) is -0.819. The van der Waals surface area contributed by atoms with Gasteiger partial charge < -0.3 is 10.2 Å². The lowest BCUT2D eigenvalue weighted by Gasteiger charge is -2.25. The van der Waals surface area contributed by atoms with Crippen LogP contribution in [-0.2, 0) is 4.79 Å². The number of carbonyl (C=O) groups is 1. The van der Waals surface area contributed by atoms with E-state index in [0.717, 1.165) is 10.4 Å². The maximum Gasteiger partial charge on any atom is 0.303 e. The van der Waals surface area contributed by atoms with Crippen molar-refractivity contribution < 1.29 is 15.0 Å². The molecule has 0 saturated carbocycles. The third-order valence-electron chi connectivity index (χ3n) is 2.58. The Kier molecular flexibility index (Phi) is 4.10. The SMILES string of the molecule is Cc1ccsc1C(O)CC(C)(C)CC(=O)O. The van der Waals surface area contributed by atoms with Crippen LogP contribution >= 0.6 is 11.3 Å². The van der Waals surface area contributed by atoms with E-state index < -0.39 is 12.1 Å². The molecule has 1 atom stereocenters. The van der Waals surface area contributed by atoms with E-state index in [1.54, 1.807) is 0 Å². The summed E-state index contributed by atoms with van der Waals surface area (Å²) in [5, 5.41) is 20.8. The molecule has 0 spiro atoms. The minimum absolute atomic E-state index is 0.0779. The van der Waals surface area contributed by atoms with Crippen molar-refractivity contribution in [1.82, 2.24) is 0 Å². The number of aliphatic hydroxyl groups excluding tert-OH is 1. The number of hydrogen-bond donors (Lipinski definition) is 2. The van der Waals surface area contributed by atoms with Gasteiger partial charge in [0.2, 0.25) is 0 Å². The van der Waals surface area contributed by atoms with Crippen LogP contribution in [0.15, 0.2) is 11.4 Å². The summed E-state index contributed by atoms with van der Waals surface area (Å²) < 4.78 is 0. The topological polar surface area (TPSA) is 57.5 Å². The maximum atomic E-state index is 10.7. The van der Waals surface area contributed by atoms with E-state index in [2.05, 4.69) is 0 Å². The van der Waals surface area contributed by atoms with Gasteiger partial charge in [0.15, 0.2) is 0 Å². The standard InChI is InChI=1S/C12H18O3S/c1-8-4-5-16-11(8)9(13)6-12(2,3)7-10(14)15/h4-5,9,13H,6-7H2,1-3H3,(H,14,15). The van der Waals surface area contributed by atoms with E-state index in [1.807, 2.05) is 32.2 Å². The highest BCUT2D eigenvalue weighted by Gasteiger charge is 2.26. The quantitative estimate of drug-likeness (QED) is 0.834. The zero-order valence-corrected chi connectivity index (χ0v) is 10.7. The van der Waals surface area contributed by atoms with Crippen molar-refractivity contribution in [3.63, 3.8) is 0 Å². The van der Waals surface area contributed by atoms with E-state index >= 15 is 0 Å². The largest absolute Gasteiger partial charge is 0.481 e. The Bertz CT molecular complexity index is 368. The number of aryl methyl sites for hydroxylation is 1. The van der Waals surface area contributed by atoms with Gasteiger partial charge in [0.1, 0.15) is 0 Å². The molecule has 0 aliphatic carbocycles. The Labute approximate surface area is 99.7 Å². The van der Waals surface area contributed by atoms with E-state index in [9.17, 15) is 9.90 Å². The van der Waals surface area contributed by atoms with Gasteiger partial charge in [-0.15, -0.1) is 11.3 Å². The molecular formula is C12H18O3S. The van der Waals surface area contributed by atoms with E-state index in [4.69, 9.17) is 5.11 Å². The van der Waals surface area contributed by atoms with Gasteiger partial charge in [-0.2, -0.15) is 0 Å². The fourth-order valence-electron chi connectivity index (χ4n) is 1.82. The summed E-state index contributed by atoms with van der Waals surface area (Å²) in [6.45, 7) is 5.69. The maximum absolute atomic E-state index is 10.7. The molecule has 16 heavy (non-hydrogen) atoms. The van der Waals surface area contributed by atoms with Crippen molar-refractivity contribution in [1.29, 1.82) is 0 Å². The molecule has 1 rings (SSSR count). The van der Waals surface area contributed by atoms with Gasteiger partial charge in [-0.25, -0.2) is 0 Å². The second kappa shape index (κ2) is 4.97. The highest BCUT2D eigenvalue weighted by molar-refractivity contribution is 7.10. The van der Waals surface area contributed by atoms with Gasteiger partial charge in [-0.05, 0) is 35.8 Å². The first-order valence-corrected chi connectivity index (χ1v) is 6.14. The van der Waals surface area contributed by atoms with Crippen LogP contribution in [0.2, 0.25) is 0 Å². The molecule has 0 radical (unpaired) electrons. The lowest BCUT2D eigenvalue weighted by Crippen LogP contribution is -2.20. The van der Waals surface area contributed by atoms with Gasteiger partial charge in [-0.3, -0.25) is 4.79 Å². The van der Waals surface area contributed by atoms with Gasteiger partial charge >= 0.3 is 5.97 Å². The van der Waals surface area contributed by atoms with Crippen LogP contribution in [0.1, 0.15) is 43.2 Å². The lowest BCUT2D eigenvalue weighted by molar-refractivity contribution is -0.139. The lowest BCUT2D eigenvalue weighted by atomic mass is 9.83. The second-order valence-corrected chi connectivity index (χ2v) is 5.87. The molecule has 3 nitrogen and oxygen atoms in total. The van der Waals surface area contributed by atoms with E-state index in [1.165, 1.54) is 11.3 Å². The number of thiophene rings is 1. The molecule has 1 aromatic rings. The number of carboxylic acid groups (broad SMARTS) is 1. The fraction of sp³-hybridized carbons (Fsp3) is 0.583. The number of aliphatic hydroxyl groups is 1. The van der Waals surface area contributed by atoms with Crippen LogP contribution in [0.5, 0.6) is 0 Å². The van der Waals surface area contributed by atoms with E-state index in [0.29, 0.717) is 6.42 Å². The highest BCUT2D eigenvalue weighted by atomic mass is 32.1. The van der Waals surface area contributed by atoms with Crippen molar-refractivity contribution in [3.8, 4) is 0 Å². The molecule has 0 amide bonds. The Morgan fingerprint density at radius 3 is 2.62 bits per heavy atom.